The molecule has 0 radical (unpaired) electrons. The Bertz CT molecular complexity index is 646. The van der Waals surface area contributed by atoms with Crippen molar-refractivity contribution in [2.45, 2.75) is 39.3 Å². The van der Waals surface area contributed by atoms with Gasteiger partial charge in [-0.15, -0.1) is 0 Å². The number of carbonyl (C=O) groups excluding carboxylic acids is 1. The van der Waals surface area contributed by atoms with E-state index < -0.39 is 8.07 Å². The van der Waals surface area contributed by atoms with Crippen LogP contribution in [0.4, 0.5) is 0 Å². The molecule has 0 aliphatic rings. The second-order valence-corrected chi connectivity index (χ2v) is 12.1. The molecular formula is C16H24N2O3Si. The first kappa shape index (κ1) is 16.7. The summed E-state index contributed by atoms with van der Waals surface area (Å²) < 4.78 is 12.8. The van der Waals surface area contributed by atoms with Crippen molar-refractivity contribution in [3.05, 3.63) is 30.1 Å². The number of fused-ring (bicyclic) bond motifs is 1. The zero-order valence-electron chi connectivity index (χ0n) is 13.8. The number of hydrogen-bond acceptors (Lipinski definition) is 4. The van der Waals surface area contributed by atoms with Crippen molar-refractivity contribution < 1.29 is 14.3 Å². The molecule has 0 unspecified atom stereocenters. The summed E-state index contributed by atoms with van der Waals surface area (Å²) in [4.78, 5) is 16.4. The molecule has 2 aromatic heterocycles. The molecule has 2 heterocycles. The van der Waals surface area contributed by atoms with Crippen LogP contribution in [0.25, 0.3) is 11.0 Å². The largest absolute Gasteiger partial charge is 0.461 e. The number of rotatable bonds is 7. The van der Waals surface area contributed by atoms with Gasteiger partial charge in [0, 0.05) is 20.9 Å². The van der Waals surface area contributed by atoms with E-state index in [-0.39, 0.29) is 5.97 Å². The predicted molar refractivity (Wildman–Crippen MR) is 89.8 cm³/mol. The van der Waals surface area contributed by atoms with Gasteiger partial charge >= 0.3 is 5.97 Å². The number of carbonyl (C=O) groups is 1. The van der Waals surface area contributed by atoms with Gasteiger partial charge in [0.05, 0.1) is 17.6 Å². The molecular weight excluding hydrogens is 296 g/mol. The number of hydrogen-bond donors (Lipinski definition) is 0. The Labute approximate surface area is 132 Å². The lowest BCUT2D eigenvalue weighted by atomic mass is 10.4. The molecule has 6 heteroatoms. The van der Waals surface area contributed by atoms with Crippen LogP contribution in [-0.4, -0.2) is 36.8 Å². The summed E-state index contributed by atoms with van der Waals surface area (Å²) in [5.41, 5.74) is 2.15. The van der Waals surface area contributed by atoms with E-state index in [9.17, 15) is 4.79 Å². The van der Waals surface area contributed by atoms with Gasteiger partial charge in [-0.05, 0) is 31.2 Å². The molecule has 5 nitrogen and oxygen atoms in total. The molecule has 2 aromatic rings. The molecule has 0 atom stereocenters. The summed E-state index contributed by atoms with van der Waals surface area (Å²) >= 11 is 0. The Balaban J connectivity index is 2.18. The molecule has 2 rings (SSSR count). The molecule has 0 saturated heterocycles. The molecule has 0 spiro atoms. The lowest BCUT2D eigenvalue weighted by Crippen LogP contribution is -2.22. The van der Waals surface area contributed by atoms with E-state index in [1.165, 1.54) is 0 Å². The van der Waals surface area contributed by atoms with Gasteiger partial charge in [-0.3, -0.25) is 4.98 Å². The highest BCUT2D eigenvalue weighted by molar-refractivity contribution is 6.76. The van der Waals surface area contributed by atoms with Gasteiger partial charge in [0.15, 0.2) is 0 Å². The van der Waals surface area contributed by atoms with Crippen LogP contribution in [0.5, 0.6) is 0 Å². The summed E-state index contributed by atoms with van der Waals surface area (Å²) in [6.45, 7) is 10.1. The highest BCUT2D eigenvalue weighted by atomic mass is 28.3. The van der Waals surface area contributed by atoms with Crippen LogP contribution in [0.3, 0.4) is 0 Å². The SMILES string of the molecule is CCOC(=O)c1cc2ncccc2n1COCC[Si](C)(C)C. The maximum atomic E-state index is 12.1. The molecule has 0 aliphatic carbocycles. The summed E-state index contributed by atoms with van der Waals surface area (Å²) in [5, 5.41) is 0. The standard InChI is InChI=1S/C16H24N2O3Si/c1-5-21-16(19)15-11-13-14(7-6-8-17-13)18(15)12-20-9-10-22(2,3)4/h6-8,11H,5,9-10,12H2,1-4H3. The summed E-state index contributed by atoms with van der Waals surface area (Å²) in [6.07, 6.45) is 1.72. The molecule has 0 bridgehead atoms. The second-order valence-electron chi connectivity index (χ2n) is 6.43. The third-order valence-corrected chi connectivity index (χ3v) is 5.08. The minimum Gasteiger partial charge on any atom is -0.461 e. The number of esters is 1. The smallest absolute Gasteiger partial charge is 0.355 e. The third kappa shape index (κ3) is 4.17. The van der Waals surface area contributed by atoms with Crippen LogP contribution < -0.4 is 0 Å². The topological polar surface area (TPSA) is 53.3 Å². The van der Waals surface area contributed by atoms with Crippen molar-refractivity contribution in [3.8, 4) is 0 Å². The van der Waals surface area contributed by atoms with Gasteiger partial charge in [0.1, 0.15) is 12.4 Å². The monoisotopic (exact) mass is 320 g/mol. The fourth-order valence-electron chi connectivity index (χ4n) is 2.13. The summed E-state index contributed by atoms with van der Waals surface area (Å²) in [6, 6.07) is 6.65. The summed E-state index contributed by atoms with van der Waals surface area (Å²) in [7, 11) is -1.12. The Kier molecular flexibility index (Phi) is 5.36. The fourth-order valence-corrected chi connectivity index (χ4v) is 2.89. The Morgan fingerprint density at radius 3 is 2.82 bits per heavy atom. The van der Waals surface area contributed by atoms with Gasteiger partial charge in [-0.25, -0.2) is 4.79 Å². The third-order valence-electron chi connectivity index (χ3n) is 3.37. The number of nitrogens with zero attached hydrogens (tertiary/aromatic N) is 2. The number of ether oxygens (including phenoxy) is 2. The van der Waals surface area contributed by atoms with E-state index in [1.807, 2.05) is 16.7 Å². The Morgan fingerprint density at radius 2 is 2.14 bits per heavy atom. The first-order valence-electron chi connectivity index (χ1n) is 7.61. The van der Waals surface area contributed by atoms with Crippen LogP contribution >= 0.6 is 0 Å². The van der Waals surface area contributed by atoms with E-state index >= 15 is 0 Å². The van der Waals surface area contributed by atoms with E-state index in [2.05, 4.69) is 24.6 Å². The Hall–Kier alpha value is -1.66. The molecule has 0 aliphatic heterocycles. The van der Waals surface area contributed by atoms with Crippen molar-refractivity contribution in [1.82, 2.24) is 9.55 Å². The van der Waals surface area contributed by atoms with Gasteiger partial charge in [0.2, 0.25) is 0 Å². The molecule has 0 aromatic carbocycles. The highest BCUT2D eigenvalue weighted by Gasteiger charge is 2.18. The van der Waals surface area contributed by atoms with Crippen LogP contribution in [0.2, 0.25) is 25.7 Å². The fraction of sp³-hybridized carbons (Fsp3) is 0.500. The minimum absolute atomic E-state index is 0.339. The maximum Gasteiger partial charge on any atom is 0.355 e. The molecule has 0 amide bonds. The van der Waals surface area contributed by atoms with Crippen molar-refractivity contribution in [1.29, 1.82) is 0 Å². The van der Waals surface area contributed by atoms with Crippen LogP contribution in [0.15, 0.2) is 24.4 Å². The van der Waals surface area contributed by atoms with Gasteiger partial charge in [-0.1, -0.05) is 19.6 Å². The highest BCUT2D eigenvalue weighted by Crippen LogP contribution is 2.19. The normalized spacial score (nSPS) is 11.8. The van der Waals surface area contributed by atoms with E-state index in [4.69, 9.17) is 9.47 Å². The van der Waals surface area contributed by atoms with Crippen molar-refractivity contribution >= 4 is 25.1 Å². The predicted octanol–water partition coefficient (Wildman–Crippen LogP) is 3.53. The zero-order chi connectivity index (χ0) is 16.2. The van der Waals surface area contributed by atoms with Crippen LogP contribution in [-0.2, 0) is 16.2 Å². The maximum absolute atomic E-state index is 12.1. The van der Waals surface area contributed by atoms with Crippen molar-refractivity contribution in [2.24, 2.45) is 0 Å². The average Bonchev–Trinajstić information content (AvgIpc) is 2.82. The van der Waals surface area contributed by atoms with Crippen molar-refractivity contribution in [2.75, 3.05) is 13.2 Å². The average molecular weight is 320 g/mol. The molecule has 22 heavy (non-hydrogen) atoms. The first-order valence-corrected chi connectivity index (χ1v) is 11.3. The quantitative estimate of drug-likeness (QED) is 0.445. The van der Waals surface area contributed by atoms with Gasteiger partial charge in [0.25, 0.3) is 0 Å². The number of aromatic nitrogens is 2. The van der Waals surface area contributed by atoms with Gasteiger partial charge < -0.3 is 14.0 Å². The molecule has 0 fully saturated rings. The Morgan fingerprint density at radius 1 is 1.36 bits per heavy atom. The zero-order valence-corrected chi connectivity index (χ0v) is 14.8. The van der Waals surface area contributed by atoms with Gasteiger partial charge in [-0.2, -0.15) is 0 Å². The molecule has 0 saturated carbocycles. The molecule has 120 valence electrons. The molecule has 0 N–H and O–H groups in total. The lowest BCUT2D eigenvalue weighted by molar-refractivity contribution is 0.0478. The second kappa shape index (κ2) is 7.06. The van der Waals surface area contributed by atoms with E-state index in [0.717, 1.165) is 17.1 Å². The van der Waals surface area contributed by atoms with Crippen LogP contribution in [0.1, 0.15) is 17.4 Å². The van der Waals surface area contributed by atoms with E-state index in [1.54, 1.807) is 19.2 Å². The van der Waals surface area contributed by atoms with Crippen molar-refractivity contribution in [3.63, 3.8) is 0 Å². The lowest BCUT2D eigenvalue weighted by Gasteiger charge is -2.16. The summed E-state index contributed by atoms with van der Waals surface area (Å²) in [5.74, 6) is -0.339. The number of pyridine rings is 1. The van der Waals surface area contributed by atoms with Crippen LogP contribution in [0, 0.1) is 0 Å². The van der Waals surface area contributed by atoms with E-state index in [0.29, 0.717) is 25.6 Å². The first-order chi connectivity index (χ1) is 10.4. The minimum atomic E-state index is -1.12.